The molecule has 0 radical (unpaired) electrons. The molecule has 2 heterocycles. The van der Waals surface area contributed by atoms with Crippen molar-refractivity contribution in [2.45, 2.75) is 63.5 Å². The highest BCUT2D eigenvalue weighted by Gasteiger charge is 2.65. The van der Waals surface area contributed by atoms with Gasteiger partial charge in [0.15, 0.2) is 0 Å². The third-order valence-corrected chi connectivity index (χ3v) is 10.5. The summed E-state index contributed by atoms with van der Waals surface area (Å²) in [7, 11) is -2.35. The van der Waals surface area contributed by atoms with E-state index in [9.17, 15) is 0 Å². The maximum absolute atomic E-state index is 6.72. The van der Waals surface area contributed by atoms with Crippen molar-refractivity contribution >= 4 is 8.56 Å². The van der Waals surface area contributed by atoms with E-state index in [1.54, 1.807) is 0 Å². The zero-order valence-corrected chi connectivity index (χ0v) is 15.8. The second-order valence-corrected chi connectivity index (χ2v) is 13.8. The Labute approximate surface area is 135 Å². The van der Waals surface area contributed by atoms with E-state index >= 15 is 0 Å². The largest absolute Gasteiger partial charge is 0.393 e. The lowest BCUT2D eigenvalue weighted by molar-refractivity contribution is 0.137. The van der Waals surface area contributed by atoms with Gasteiger partial charge in [-0.25, -0.2) is 0 Å². The molecular formula is C18H29NO2Si. The van der Waals surface area contributed by atoms with Gasteiger partial charge < -0.3 is 8.85 Å². The highest BCUT2D eigenvalue weighted by atomic mass is 28.4. The van der Waals surface area contributed by atoms with Crippen molar-refractivity contribution in [1.29, 1.82) is 0 Å². The summed E-state index contributed by atoms with van der Waals surface area (Å²) in [5.41, 5.74) is 1.45. The monoisotopic (exact) mass is 319 g/mol. The van der Waals surface area contributed by atoms with Crippen LogP contribution in [0.3, 0.4) is 0 Å². The lowest BCUT2D eigenvalue weighted by Gasteiger charge is -2.48. The van der Waals surface area contributed by atoms with Crippen molar-refractivity contribution in [2.75, 3.05) is 13.2 Å². The quantitative estimate of drug-likeness (QED) is 0.718. The highest BCUT2D eigenvalue weighted by molar-refractivity contribution is 6.73. The Hall–Kier alpha value is -0.713. The van der Waals surface area contributed by atoms with Gasteiger partial charge in [0, 0.05) is 41.1 Å². The highest BCUT2D eigenvalue weighted by Crippen LogP contribution is 2.61. The van der Waals surface area contributed by atoms with Gasteiger partial charge in [-0.15, -0.1) is 0 Å². The van der Waals surface area contributed by atoms with Crippen LogP contribution >= 0.6 is 0 Å². The van der Waals surface area contributed by atoms with E-state index in [1.807, 2.05) is 18.5 Å². The molecule has 1 aromatic heterocycles. The molecule has 1 aliphatic carbocycles. The SMILES string of the molecule is CC(C)(C)[Si]1(C(C)(C)C)OCC2CC2(c2cccnc2)CO1. The number of hydrogen-bond donors (Lipinski definition) is 0. The van der Waals surface area contributed by atoms with Crippen LogP contribution in [0, 0.1) is 5.92 Å². The Morgan fingerprint density at radius 1 is 1.14 bits per heavy atom. The van der Waals surface area contributed by atoms with Crippen molar-refractivity contribution in [3.05, 3.63) is 30.1 Å². The Balaban J connectivity index is 1.93. The molecule has 22 heavy (non-hydrogen) atoms. The standard InChI is InChI=1S/C18H29NO2Si/c1-16(2,3)22(17(4,5)6)20-12-15-10-18(15,13-21-22)14-8-7-9-19-11-14/h7-9,11,15H,10,12-13H2,1-6H3. The van der Waals surface area contributed by atoms with Crippen LogP contribution in [0.1, 0.15) is 53.5 Å². The molecule has 1 aliphatic heterocycles. The second kappa shape index (κ2) is 4.89. The Morgan fingerprint density at radius 3 is 2.36 bits per heavy atom. The maximum Gasteiger partial charge on any atom is 0.349 e. The van der Waals surface area contributed by atoms with Gasteiger partial charge in [0.05, 0.1) is 0 Å². The molecule has 1 saturated heterocycles. The Kier molecular flexibility index (Phi) is 3.59. The van der Waals surface area contributed by atoms with Gasteiger partial charge in [-0.05, 0) is 24.0 Å². The molecule has 2 aliphatic rings. The van der Waals surface area contributed by atoms with Gasteiger partial charge in [0.25, 0.3) is 0 Å². The average molecular weight is 320 g/mol. The summed E-state index contributed by atoms with van der Waals surface area (Å²) >= 11 is 0. The van der Waals surface area contributed by atoms with Gasteiger partial charge in [-0.2, -0.15) is 0 Å². The molecule has 2 unspecified atom stereocenters. The predicted molar refractivity (Wildman–Crippen MR) is 91.1 cm³/mol. The minimum atomic E-state index is -2.35. The summed E-state index contributed by atoms with van der Waals surface area (Å²) in [6.45, 7) is 15.3. The minimum absolute atomic E-state index is 0.0537. The molecule has 4 heteroatoms. The molecule has 3 nitrogen and oxygen atoms in total. The molecular weight excluding hydrogens is 290 g/mol. The molecule has 0 amide bonds. The number of pyridine rings is 1. The van der Waals surface area contributed by atoms with Gasteiger partial charge in [0.2, 0.25) is 0 Å². The van der Waals surface area contributed by atoms with Gasteiger partial charge in [-0.3, -0.25) is 4.98 Å². The van der Waals surface area contributed by atoms with Crippen LogP contribution in [-0.2, 0) is 14.3 Å². The van der Waals surface area contributed by atoms with Gasteiger partial charge in [-0.1, -0.05) is 47.6 Å². The summed E-state index contributed by atoms with van der Waals surface area (Å²) < 4.78 is 13.3. The summed E-state index contributed by atoms with van der Waals surface area (Å²) in [6.07, 6.45) is 5.01. The number of aromatic nitrogens is 1. The summed E-state index contributed by atoms with van der Waals surface area (Å²) in [6, 6.07) is 4.22. The van der Waals surface area contributed by atoms with E-state index in [1.165, 1.54) is 5.56 Å². The summed E-state index contributed by atoms with van der Waals surface area (Å²) in [4.78, 5) is 4.31. The fraction of sp³-hybridized carbons (Fsp3) is 0.722. The first-order valence-corrected chi connectivity index (χ1v) is 10.1. The summed E-state index contributed by atoms with van der Waals surface area (Å²) in [5.74, 6) is 0.579. The van der Waals surface area contributed by atoms with Crippen LogP contribution < -0.4 is 0 Å². The van der Waals surface area contributed by atoms with E-state index < -0.39 is 8.56 Å². The van der Waals surface area contributed by atoms with E-state index in [-0.39, 0.29) is 15.5 Å². The number of nitrogens with zero attached hydrogens (tertiary/aromatic N) is 1. The van der Waals surface area contributed by atoms with E-state index in [4.69, 9.17) is 8.85 Å². The van der Waals surface area contributed by atoms with Gasteiger partial charge in [0.1, 0.15) is 0 Å². The van der Waals surface area contributed by atoms with Crippen LogP contribution in [0.5, 0.6) is 0 Å². The first-order chi connectivity index (χ1) is 10.1. The van der Waals surface area contributed by atoms with Crippen LogP contribution in [-0.4, -0.2) is 26.8 Å². The Morgan fingerprint density at radius 2 is 1.82 bits per heavy atom. The van der Waals surface area contributed by atoms with Crippen molar-refractivity contribution in [1.82, 2.24) is 4.98 Å². The zero-order chi connectivity index (χ0) is 16.2. The Bertz CT molecular complexity index is 532. The molecule has 0 spiro atoms. The fourth-order valence-electron chi connectivity index (χ4n) is 4.35. The molecule has 1 saturated carbocycles. The third kappa shape index (κ3) is 2.27. The first kappa shape index (κ1) is 16.2. The van der Waals surface area contributed by atoms with Gasteiger partial charge >= 0.3 is 8.56 Å². The van der Waals surface area contributed by atoms with Crippen LogP contribution in [0.25, 0.3) is 0 Å². The van der Waals surface area contributed by atoms with E-state index in [0.717, 1.165) is 19.6 Å². The number of fused-ring (bicyclic) bond motifs is 1. The van der Waals surface area contributed by atoms with E-state index in [2.05, 4.69) is 52.6 Å². The normalized spacial score (nSPS) is 31.3. The molecule has 0 aromatic carbocycles. The van der Waals surface area contributed by atoms with Crippen molar-refractivity contribution in [3.8, 4) is 0 Å². The molecule has 1 aromatic rings. The zero-order valence-electron chi connectivity index (χ0n) is 14.8. The smallest absolute Gasteiger partial charge is 0.349 e. The lowest BCUT2D eigenvalue weighted by atomic mass is 9.96. The van der Waals surface area contributed by atoms with Crippen LogP contribution in [0.4, 0.5) is 0 Å². The lowest BCUT2D eigenvalue weighted by Crippen LogP contribution is -2.57. The predicted octanol–water partition coefficient (Wildman–Crippen LogP) is 4.43. The summed E-state index contributed by atoms with van der Waals surface area (Å²) in [5, 5.41) is 0.107. The number of hydrogen-bond acceptors (Lipinski definition) is 3. The second-order valence-electron chi connectivity index (χ2n) is 9.02. The van der Waals surface area contributed by atoms with Crippen LogP contribution in [0.2, 0.25) is 10.1 Å². The van der Waals surface area contributed by atoms with Crippen molar-refractivity contribution in [2.24, 2.45) is 5.92 Å². The molecule has 2 fully saturated rings. The molecule has 0 N–H and O–H groups in total. The van der Waals surface area contributed by atoms with Crippen LogP contribution in [0.15, 0.2) is 24.5 Å². The van der Waals surface area contributed by atoms with Crippen molar-refractivity contribution in [3.63, 3.8) is 0 Å². The van der Waals surface area contributed by atoms with E-state index in [0.29, 0.717) is 5.92 Å². The average Bonchev–Trinajstić information content (AvgIpc) is 3.11. The third-order valence-electron chi connectivity index (χ3n) is 5.46. The topological polar surface area (TPSA) is 31.4 Å². The molecule has 2 atom stereocenters. The first-order valence-electron chi connectivity index (χ1n) is 8.31. The maximum atomic E-state index is 6.72. The molecule has 3 rings (SSSR count). The number of rotatable bonds is 1. The minimum Gasteiger partial charge on any atom is -0.393 e. The molecule has 0 bridgehead atoms. The fourth-order valence-corrected chi connectivity index (χ4v) is 9.31. The molecule has 122 valence electrons. The van der Waals surface area contributed by atoms with Crippen molar-refractivity contribution < 1.29 is 8.85 Å².